The molecule has 0 aliphatic carbocycles. The minimum atomic E-state index is 0.353. The topological polar surface area (TPSA) is 29.9 Å². The molecule has 21 heavy (non-hydrogen) atoms. The van der Waals surface area contributed by atoms with Crippen LogP contribution in [0.1, 0.15) is 27.9 Å². The molecule has 2 aromatic rings. The normalized spacial score (nSPS) is 12.7. The van der Waals surface area contributed by atoms with Gasteiger partial charge in [0.05, 0.1) is 5.69 Å². The number of rotatable bonds is 5. The second-order valence-corrected chi connectivity index (χ2v) is 6.23. The van der Waals surface area contributed by atoms with E-state index in [1.807, 2.05) is 21.0 Å². The lowest BCUT2D eigenvalue weighted by Gasteiger charge is -2.17. The van der Waals surface area contributed by atoms with Gasteiger partial charge in [-0.2, -0.15) is 5.10 Å². The first kappa shape index (κ1) is 16.1. The molecule has 3 nitrogen and oxygen atoms in total. The zero-order valence-electron chi connectivity index (χ0n) is 13.5. The second-order valence-electron chi connectivity index (χ2n) is 5.87. The Kier molecular flexibility index (Phi) is 5.07. The van der Waals surface area contributed by atoms with Crippen LogP contribution in [0, 0.1) is 20.8 Å². The molecule has 1 aromatic carbocycles. The van der Waals surface area contributed by atoms with Crippen LogP contribution in [0.25, 0.3) is 0 Å². The van der Waals surface area contributed by atoms with Crippen molar-refractivity contribution in [3.8, 4) is 0 Å². The van der Waals surface area contributed by atoms with Gasteiger partial charge >= 0.3 is 0 Å². The predicted molar refractivity (Wildman–Crippen MR) is 89.1 cm³/mol. The minimum absolute atomic E-state index is 0.353. The van der Waals surface area contributed by atoms with Crippen molar-refractivity contribution in [3.63, 3.8) is 0 Å². The molecular formula is C17H24ClN3. The summed E-state index contributed by atoms with van der Waals surface area (Å²) < 4.78 is 1.75. The molecule has 1 N–H and O–H groups in total. The third-order valence-electron chi connectivity index (χ3n) is 3.89. The molecule has 0 amide bonds. The molecule has 0 saturated carbocycles. The molecule has 1 aromatic heterocycles. The van der Waals surface area contributed by atoms with Gasteiger partial charge in [0.1, 0.15) is 5.15 Å². The average molecular weight is 306 g/mol. The largest absolute Gasteiger partial charge is 0.316 e. The first-order valence-corrected chi connectivity index (χ1v) is 7.71. The molecular weight excluding hydrogens is 282 g/mol. The molecule has 0 saturated heterocycles. The molecule has 2 rings (SSSR count). The van der Waals surface area contributed by atoms with Gasteiger partial charge in [-0.3, -0.25) is 4.68 Å². The molecule has 0 radical (unpaired) electrons. The van der Waals surface area contributed by atoms with E-state index in [0.717, 1.165) is 29.3 Å². The minimum Gasteiger partial charge on any atom is -0.316 e. The van der Waals surface area contributed by atoms with Crippen LogP contribution >= 0.6 is 11.6 Å². The van der Waals surface area contributed by atoms with Gasteiger partial charge in [0.25, 0.3) is 0 Å². The number of aromatic nitrogens is 2. The molecule has 4 heteroatoms. The summed E-state index contributed by atoms with van der Waals surface area (Å²) in [6.45, 7) is 6.31. The van der Waals surface area contributed by atoms with Gasteiger partial charge in [-0.25, -0.2) is 0 Å². The smallest absolute Gasteiger partial charge is 0.130 e. The summed E-state index contributed by atoms with van der Waals surface area (Å²) in [5.41, 5.74) is 6.15. The maximum atomic E-state index is 6.34. The van der Waals surface area contributed by atoms with Gasteiger partial charge in [-0.05, 0) is 46.2 Å². The Balaban J connectivity index is 2.16. The fraction of sp³-hybridized carbons (Fsp3) is 0.471. The lowest BCUT2D eigenvalue weighted by atomic mass is 9.97. The maximum absolute atomic E-state index is 6.34. The second kappa shape index (κ2) is 6.63. The molecule has 1 unspecified atom stereocenters. The summed E-state index contributed by atoms with van der Waals surface area (Å²) in [4.78, 5) is 0. The van der Waals surface area contributed by atoms with Crippen molar-refractivity contribution in [1.29, 1.82) is 0 Å². The van der Waals surface area contributed by atoms with Crippen LogP contribution in [-0.4, -0.2) is 22.9 Å². The molecule has 0 aliphatic heterocycles. The fourth-order valence-electron chi connectivity index (χ4n) is 2.90. The Bertz CT molecular complexity index is 611. The predicted octanol–water partition coefficient (Wildman–Crippen LogP) is 3.37. The van der Waals surface area contributed by atoms with Gasteiger partial charge in [0.15, 0.2) is 0 Å². The summed E-state index contributed by atoms with van der Waals surface area (Å²) in [5.74, 6) is 0. The Morgan fingerprint density at radius 3 is 2.24 bits per heavy atom. The van der Waals surface area contributed by atoms with Crippen molar-refractivity contribution in [2.45, 2.75) is 39.7 Å². The third-order valence-corrected chi connectivity index (χ3v) is 4.36. The average Bonchev–Trinajstić information content (AvgIpc) is 2.63. The molecule has 1 heterocycles. The van der Waals surface area contributed by atoms with Crippen LogP contribution in [0.5, 0.6) is 0 Å². The first-order valence-electron chi connectivity index (χ1n) is 7.33. The van der Waals surface area contributed by atoms with Gasteiger partial charge in [0.2, 0.25) is 0 Å². The molecule has 114 valence electrons. The van der Waals surface area contributed by atoms with Crippen LogP contribution in [0.4, 0.5) is 0 Å². The molecule has 0 fully saturated rings. The fourth-order valence-corrected chi connectivity index (χ4v) is 3.15. The monoisotopic (exact) mass is 305 g/mol. The summed E-state index contributed by atoms with van der Waals surface area (Å²) in [6, 6.07) is 7.08. The number of benzene rings is 1. The number of likely N-dealkylation sites (N-methyl/N-ethyl adjacent to an activating group) is 1. The number of nitrogens with zero attached hydrogens (tertiary/aromatic N) is 2. The van der Waals surface area contributed by atoms with E-state index >= 15 is 0 Å². The van der Waals surface area contributed by atoms with Gasteiger partial charge in [0, 0.05) is 18.7 Å². The first-order chi connectivity index (χ1) is 9.90. The van der Waals surface area contributed by atoms with Crippen LogP contribution in [0.15, 0.2) is 18.2 Å². The number of halogens is 1. The highest BCUT2D eigenvalue weighted by Crippen LogP contribution is 2.21. The molecule has 1 atom stereocenters. The van der Waals surface area contributed by atoms with Crippen molar-refractivity contribution in [1.82, 2.24) is 15.1 Å². The van der Waals surface area contributed by atoms with Crippen LogP contribution < -0.4 is 5.32 Å². The number of hydrogen-bond donors (Lipinski definition) is 1. The highest BCUT2D eigenvalue weighted by Gasteiger charge is 2.16. The van der Waals surface area contributed by atoms with Crippen LogP contribution in [-0.2, 0) is 19.9 Å². The summed E-state index contributed by atoms with van der Waals surface area (Å²) in [6.07, 6.45) is 1.88. The zero-order chi connectivity index (χ0) is 15.6. The van der Waals surface area contributed by atoms with Crippen molar-refractivity contribution in [3.05, 3.63) is 51.3 Å². The Morgan fingerprint density at radius 1 is 1.14 bits per heavy atom. The van der Waals surface area contributed by atoms with Gasteiger partial charge in [-0.15, -0.1) is 0 Å². The van der Waals surface area contributed by atoms with E-state index in [9.17, 15) is 0 Å². The van der Waals surface area contributed by atoms with Crippen LogP contribution in [0.2, 0.25) is 5.15 Å². The molecule has 0 spiro atoms. The summed E-state index contributed by atoms with van der Waals surface area (Å²) in [5, 5.41) is 8.54. The summed E-state index contributed by atoms with van der Waals surface area (Å²) >= 11 is 6.34. The van der Waals surface area contributed by atoms with Crippen molar-refractivity contribution in [2.75, 3.05) is 7.05 Å². The number of aryl methyl sites for hydroxylation is 4. The number of nitrogens with one attached hydrogen (secondary N) is 1. The lowest BCUT2D eigenvalue weighted by molar-refractivity contribution is 0.555. The Morgan fingerprint density at radius 2 is 1.76 bits per heavy atom. The summed E-state index contributed by atoms with van der Waals surface area (Å²) in [7, 11) is 3.89. The van der Waals surface area contributed by atoms with E-state index in [1.54, 1.807) is 4.68 Å². The van der Waals surface area contributed by atoms with E-state index < -0.39 is 0 Å². The highest BCUT2D eigenvalue weighted by molar-refractivity contribution is 6.30. The van der Waals surface area contributed by atoms with Crippen molar-refractivity contribution in [2.24, 2.45) is 7.05 Å². The van der Waals surface area contributed by atoms with E-state index in [4.69, 9.17) is 11.6 Å². The van der Waals surface area contributed by atoms with Crippen LogP contribution in [0.3, 0.4) is 0 Å². The molecule has 0 aliphatic rings. The Hall–Kier alpha value is -1.32. The van der Waals surface area contributed by atoms with Crippen molar-refractivity contribution >= 4 is 11.6 Å². The van der Waals surface area contributed by atoms with E-state index in [2.05, 4.69) is 42.5 Å². The Labute approximate surface area is 132 Å². The van der Waals surface area contributed by atoms with E-state index in [1.165, 1.54) is 16.7 Å². The third kappa shape index (κ3) is 3.86. The van der Waals surface area contributed by atoms with Crippen molar-refractivity contribution < 1.29 is 0 Å². The van der Waals surface area contributed by atoms with Gasteiger partial charge < -0.3 is 5.32 Å². The standard InChI is InChI=1S/C17H24ClN3/c1-11-6-12(2)8-14(7-11)9-15(19-4)10-16-13(3)20-21(5)17(16)18/h6-8,15,19H,9-10H2,1-5H3. The van der Waals surface area contributed by atoms with E-state index in [0.29, 0.717) is 6.04 Å². The van der Waals surface area contributed by atoms with E-state index in [-0.39, 0.29) is 0 Å². The zero-order valence-corrected chi connectivity index (χ0v) is 14.3. The lowest BCUT2D eigenvalue weighted by Crippen LogP contribution is -2.30. The number of hydrogen-bond acceptors (Lipinski definition) is 2. The maximum Gasteiger partial charge on any atom is 0.130 e. The quantitative estimate of drug-likeness (QED) is 0.918. The molecule has 0 bridgehead atoms. The SMILES string of the molecule is CNC(Cc1cc(C)cc(C)c1)Cc1c(C)nn(C)c1Cl. The highest BCUT2D eigenvalue weighted by atomic mass is 35.5. The van der Waals surface area contributed by atoms with Gasteiger partial charge in [-0.1, -0.05) is 40.9 Å².